The average Bonchev–Trinajstić information content (AvgIpc) is 2.87. The van der Waals surface area contributed by atoms with Crippen molar-refractivity contribution < 1.29 is 28.5 Å². The summed E-state index contributed by atoms with van der Waals surface area (Å²) >= 11 is 0. The van der Waals surface area contributed by atoms with Crippen molar-refractivity contribution in [1.82, 2.24) is 5.43 Å². The summed E-state index contributed by atoms with van der Waals surface area (Å²) in [6.07, 6.45) is 1.51. The molecule has 3 aromatic rings. The highest BCUT2D eigenvalue weighted by Gasteiger charge is 2.16. The molecule has 0 spiro atoms. The first-order valence-electron chi connectivity index (χ1n) is 10.1. The lowest BCUT2D eigenvalue weighted by molar-refractivity contribution is 0.0954. The largest absolute Gasteiger partial charge is 0.493 e. The van der Waals surface area contributed by atoms with Crippen LogP contribution >= 0.6 is 0 Å². The first kappa shape index (κ1) is 23.5. The molecule has 0 aliphatic rings. The Morgan fingerprint density at radius 3 is 2.09 bits per heavy atom. The zero-order valence-corrected chi connectivity index (χ0v) is 19.0. The molecule has 0 aromatic heterocycles. The molecule has 3 rings (SSSR count). The summed E-state index contributed by atoms with van der Waals surface area (Å²) in [6.45, 7) is 0.426. The van der Waals surface area contributed by atoms with Crippen LogP contribution in [0.1, 0.15) is 21.5 Å². The van der Waals surface area contributed by atoms with Crippen LogP contribution in [0, 0.1) is 0 Å². The van der Waals surface area contributed by atoms with E-state index in [-0.39, 0.29) is 0 Å². The highest BCUT2D eigenvalue weighted by Crippen LogP contribution is 2.38. The van der Waals surface area contributed by atoms with Crippen molar-refractivity contribution in [2.75, 3.05) is 28.4 Å². The topological polar surface area (TPSA) is 87.6 Å². The van der Waals surface area contributed by atoms with Crippen LogP contribution in [0.5, 0.6) is 28.7 Å². The zero-order valence-electron chi connectivity index (χ0n) is 19.0. The van der Waals surface area contributed by atoms with Gasteiger partial charge in [0.15, 0.2) is 23.0 Å². The van der Waals surface area contributed by atoms with Crippen molar-refractivity contribution in [3.63, 3.8) is 0 Å². The molecule has 0 aliphatic carbocycles. The summed E-state index contributed by atoms with van der Waals surface area (Å²) in [4.78, 5) is 12.5. The molecule has 0 radical (unpaired) electrons. The Morgan fingerprint density at radius 2 is 1.48 bits per heavy atom. The molecule has 0 fully saturated rings. The summed E-state index contributed by atoms with van der Waals surface area (Å²) in [6, 6.07) is 18.3. The Balaban J connectivity index is 1.68. The van der Waals surface area contributed by atoms with Gasteiger partial charge < -0.3 is 23.7 Å². The Bertz CT molecular complexity index is 1090. The van der Waals surface area contributed by atoms with Crippen molar-refractivity contribution in [3.8, 4) is 28.7 Å². The van der Waals surface area contributed by atoms with Gasteiger partial charge in [0.25, 0.3) is 5.91 Å². The monoisotopic (exact) mass is 450 g/mol. The van der Waals surface area contributed by atoms with E-state index < -0.39 is 5.91 Å². The normalized spacial score (nSPS) is 10.5. The number of hydrogen-bond acceptors (Lipinski definition) is 7. The number of hydrazone groups is 1. The van der Waals surface area contributed by atoms with Crippen LogP contribution in [0.3, 0.4) is 0 Å². The van der Waals surface area contributed by atoms with E-state index in [1.165, 1.54) is 27.5 Å². The minimum Gasteiger partial charge on any atom is -0.493 e. The fourth-order valence-electron chi connectivity index (χ4n) is 3.06. The third-order valence-corrected chi connectivity index (χ3v) is 4.73. The summed E-state index contributed by atoms with van der Waals surface area (Å²) in [5.74, 6) is 1.90. The molecule has 172 valence electrons. The number of carbonyl (C=O) groups excluding carboxylic acids is 1. The number of amides is 1. The molecule has 0 bridgehead atoms. The first-order valence-corrected chi connectivity index (χ1v) is 10.1. The molecular weight excluding hydrogens is 424 g/mol. The van der Waals surface area contributed by atoms with Gasteiger partial charge >= 0.3 is 0 Å². The summed E-state index contributed by atoms with van der Waals surface area (Å²) in [5, 5.41) is 4.04. The van der Waals surface area contributed by atoms with E-state index in [4.69, 9.17) is 23.7 Å². The van der Waals surface area contributed by atoms with Gasteiger partial charge in [-0.05, 0) is 41.5 Å². The molecule has 8 heteroatoms. The predicted molar refractivity (Wildman–Crippen MR) is 125 cm³/mol. The molecule has 8 nitrogen and oxygen atoms in total. The molecule has 0 atom stereocenters. The lowest BCUT2D eigenvalue weighted by atomic mass is 10.1. The minimum absolute atomic E-state index is 0.309. The number of rotatable bonds is 10. The number of nitrogens with one attached hydrogen (secondary N) is 1. The van der Waals surface area contributed by atoms with E-state index in [9.17, 15) is 4.79 Å². The van der Waals surface area contributed by atoms with Crippen molar-refractivity contribution in [1.29, 1.82) is 0 Å². The van der Waals surface area contributed by atoms with Crippen LogP contribution in [-0.4, -0.2) is 40.6 Å². The quantitative estimate of drug-likeness (QED) is 0.370. The predicted octanol–water partition coefficient (Wildman–Crippen LogP) is 4.06. The van der Waals surface area contributed by atoms with Crippen LogP contribution in [0.2, 0.25) is 0 Å². The van der Waals surface area contributed by atoms with E-state index in [0.717, 1.165) is 11.1 Å². The van der Waals surface area contributed by atoms with Crippen molar-refractivity contribution in [3.05, 3.63) is 77.4 Å². The fraction of sp³-hybridized carbons (Fsp3) is 0.200. The van der Waals surface area contributed by atoms with Crippen molar-refractivity contribution >= 4 is 12.1 Å². The van der Waals surface area contributed by atoms with Crippen LogP contribution in [0.4, 0.5) is 0 Å². The summed E-state index contributed by atoms with van der Waals surface area (Å²) < 4.78 is 27.1. The van der Waals surface area contributed by atoms with Gasteiger partial charge in [-0.2, -0.15) is 5.10 Å². The maximum atomic E-state index is 12.5. The van der Waals surface area contributed by atoms with E-state index in [0.29, 0.717) is 40.9 Å². The number of ether oxygens (including phenoxy) is 5. The Kier molecular flexibility index (Phi) is 8.13. The van der Waals surface area contributed by atoms with Gasteiger partial charge in [0.1, 0.15) is 6.61 Å². The summed E-state index contributed by atoms with van der Waals surface area (Å²) in [5.41, 5.74) is 4.58. The first-order chi connectivity index (χ1) is 16.1. The minimum atomic E-state index is -0.430. The van der Waals surface area contributed by atoms with Crippen molar-refractivity contribution in [2.24, 2.45) is 5.10 Å². The number of benzene rings is 3. The second-order valence-corrected chi connectivity index (χ2v) is 6.80. The SMILES string of the molecule is COc1cc(C=NNC(=O)c2cc(OC)c(OC)c(OC)c2)ccc1OCc1ccccc1. The van der Waals surface area contributed by atoms with E-state index in [1.807, 2.05) is 36.4 Å². The molecule has 0 saturated carbocycles. The maximum Gasteiger partial charge on any atom is 0.271 e. The van der Waals surface area contributed by atoms with Gasteiger partial charge in [-0.3, -0.25) is 4.79 Å². The number of carbonyl (C=O) groups is 1. The lowest BCUT2D eigenvalue weighted by Gasteiger charge is -2.13. The van der Waals surface area contributed by atoms with Gasteiger partial charge in [0, 0.05) is 5.56 Å². The average molecular weight is 450 g/mol. The molecule has 0 aliphatic heterocycles. The lowest BCUT2D eigenvalue weighted by Crippen LogP contribution is -2.18. The van der Waals surface area contributed by atoms with E-state index >= 15 is 0 Å². The Morgan fingerprint density at radius 1 is 0.818 bits per heavy atom. The second kappa shape index (κ2) is 11.4. The highest BCUT2D eigenvalue weighted by molar-refractivity contribution is 5.96. The molecule has 1 N–H and O–H groups in total. The molecule has 33 heavy (non-hydrogen) atoms. The van der Waals surface area contributed by atoms with E-state index in [1.54, 1.807) is 31.4 Å². The smallest absolute Gasteiger partial charge is 0.271 e. The van der Waals surface area contributed by atoms with Gasteiger partial charge in [0.2, 0.25) is 5.75 Å². The van der Waals surface area contributed by atoms with Gasteiger partial charge in [0.05, 0.1) is 34.7 Å². The second-order valence-electron chi connectivity index (χ2n) is 6.80. The molecule has 0 heterocycles. The molecular formula is C25H26N2O6. The highest BCUT2D eigenvalue weighted by atomic mass is 16.5. The molecule has 0 saturated heterocycles. The van der Waals surface area contributed by atoms with Crippen LogP contribution in [0.25, 0.3) is 0 Å². The van der Waals surface area contributed by atoms with Gasteiger partial charge in [-0.15, -0.1) is 0 Å². The Labute approximate surface area is 192 Å². The standard InChI is InChI=1S/C25H26N2O6/c1-29-21-12-18(10-11-20(21)33-16-17-8-6-5-7-9-17)15-26-27-25(28)19-13-22(30-2)24(32-4)23(14-19)31-3/h5-15H,16H2,1-4H3,(H,27,28). The number of nitrogens with zero attached hydrogens (tertiary/aromatic N) is 1. The number of methoxy groups -OCH3 is 4. The fourth-order valence-corrected chi connectivity index (χ4v) is 3.06. The van der Waals surface area contributed by atoms with Crippen molar-refractivity contribution in [2.45, 2.75) is 6.61 Å². The van der Waals surface area contributed by atoms with Crippen LogP contribution < -0.4 is 29.1 Å². The van der Waals surface area contributed by atoms with E-state index in [2.05, 4.69) is 10.5 Å². The maximum absolute atomic E-state index is 12.5. The molecule has 0 unspecified atom stereocenters. The van der Waals surface area contributed by atoms with Crippen LogP contribution in [-0.2, 0) is 6.61 Å². The summed E-state index contributed by atoms with van der Waals surface area (Å²) in [7, 11) is 6.03. The van der Waals surface area contributed by atoms with Crippen LogP contribution in [0.15, 0.2) is 65.8 Å². The number of hydrogen-bond donors (Lipinski definition) is 1. The third kappa shape index (κ3) is 5.94. The molecule has 1 amide bonds. The Hall–Kier alpha value is -4.20. The zero-order chi connectivity index (χ0) is 23.6. The molecule has 3 aromatic carbocycles. The van der Waals surface area contributed by atoms with Gasteiger partial charge in [-0.25, -0.2) is 5.43 Å². The van der Waals surface area contributed by atoms with Gasteiger partial charge in [-0.1, -0.05) is 30.3 Å². The third-order valence-electron chi connectivity index (χ3n) is 4.73.